The third-order valence-electron chi connectivity index (χ3n) is 7.51. The van der Waals surface area contributed by atoms with E-state index >= 15 is 0 Å². The highest BCUT2D eigenvalue weighted by molar-refractivity contribution is 6.42. The molecule has 2 amide bonds. The molecule has 1 saturated carbocycles. The highest BCUT2D eigenvalue weighted by Crippen LogP contribution is 2.40. The summed E-state index contributed by atoms with van der Waals surface area (Å²) >= 11 is 12.2. The first-order chi connectivity index (χ1) is 17.5. The minimum absolute atomic E-state index is 0.0773. The van der Waals surface area contributed by atoms with Gasteiger partial charge >= 0.3 is 0 Å². The summed E-state index contributed by atoms with van der Waals surface area (Å²) in [6, 6.07) is 4.06. The molecule has 1 aliphatic carbocycles. The van der Waals surface area contributed by atoms with Crippen molar-refractivity contribution >= 4 is 40.7 Å². The molecule has 3 aliphatic rings. The van der Waals surface area contributed by atoms with Crippen molar-refractivity contribution in [3.63, 3.8) is 0 Å². The fourth-order valence-corrected chi connectivity index (χ4v) is 5.71. The van der Waals surface area contributed by atoms with Crippen molar-refractivity contribution in [2.75, 3.05) is 24.5 Å². The summed E-state index contributed by atoms with van der Waals surface area (Å²) in [5, 5.41) is 23.2. The summed E-state index contributed by atoms with van der Waals surface area (Å²) in [4.78, 5) is 31.0. The molecular weight excluding hydrogens is 515 g/mol. The Bertz CT molecular complexity index is 1180. The zero-order valence-electron chi connectivity index (χ0n) is 21.4. The number of carbonyl (C=O) groups is 2. The lowest BCUT2D eigenvalue weighted by atomic mass is 9.85. The molecule has 0 spiro atoms. The molecule has 2 N–H and O–H groups in total. The average molecular weight is 550 g/mol. The molecule has 3 heterocycles. The minimum Gasteiger partial charge on any atom is -0.391 e. The van der Waals surface area contributed by atoms with E-state index in [1.54, 1.807) is 10.7 Å². The number of aromatic nitrogens is 3. The Morgan fingerprint density at radius 1 is 1.14 bits per heavy atom. The van der Waals surface area contributed by atoms with Crippen LogP contribution in [-0.4, -0.2) is 74.6 Å². The van der Waals surface area contributed by atoms with Gasteiger partial charge < -0.3 is 20.2 Å². The molecule has 9 nitrogen and oxygen atoms in total. The van der Waals surface area contributed by atoms with Crippen LogP contribution in [0.2, 0.25) is 10.0 Å². The number of hydrogen-bond donors (Lipinski definition) is 2. The van der Waals surface area contributed by atoms with E-state index in [2.05, 4.69) is 20.5 Å². The standard InChI is InChI=1S/C26H34Cl2N6O3/c1-26(2,3)23(34-14-21(30-31-34)15-4-5-15)25(37)33-13-18(35)11-22(33)24(36)29-16-8-9-32(12-16)17-6-7-19(27)20(28)10-17/h6-7,10,14-16,18,22-23,35H,4-5,8-9,11-13H2,1-3H3,(H,29,36)/t16?,18?,22?,23-/m1/s1. The normalized spacial score (nSPS) is 25.0. The maximum atomic E-state index is 13.9. The number of rotatable bonds is 6. The molecule has 200 valence electrons. The number of halogens is 2. The van der Waals surface area contributed by atoms with Gasteiger partial charge in [-0.15, -0.1) is 5.10 Å². The van der Waals surface area contributed by atoms with Crippen LogP contribution >= 0.6 is 23.2 Å². The predicted molar refractivity (Wildman–Crippen MR) is 142 cm³/mol. The van der Waals surface area contributed by atoms with Crippen molar-refractivity contribution in [1.29, 1.82) is 0 Å². The van der Waals surface area contributed by atoms with Crippen molar-refractivity contribution in [3.8, 4) is 0 Å². The number of nitrogens with one attached hydrogen (secondary N) is 1. The van der Waals surface area contributed by atoms with Gasteiger partial charge in [-0.25, -0.2) is 4.68 Å². The molecule has 4 atom stereocenters. The monoisotopic (exact) mass is 548 g/mol. The van der Waals surface area contributed by atoms with Crippen LogP contribution < -0.4 is 10.2 Å². The maximum absolute atomic E-state index is 13.9. The zero-order valence-corrected chi connectivity index (χ0v) is 22.9. The first kappa shape index (κ1) is 26.3. The minimum atomic E-state index is -0.755. The predicted octanol–water partition coefficient (Wildman–Crippen LogP) is 3.41. The first-order valence-electron chi connectivity index (χ1n) is 12.9. The number of amides is 2. The van der Waals surface area contributed by atoms with Crippen LogP contribution in [0.25, 0.3) is 0 Å². The van der Waals surface area contributed by atoms with Gasteiger partial charge in [-0.3, -0.25) is 9.59 Å². The topological polar surface area (TPSA) is 104 Å². The molecule has 2 saturated heterocycles. The molecule has 3 unspecified atom stereocenters. The van der Waals surface area contributed by atoms with Crippen molar-refractivity contribution < 1.29 is 14.7 Å². The number of aliphatic hydroxyl groups is 1. The Labute approximate surface area is 227 Å². The van der Waals surface area contributed by atoms with Crippen molar-refractivity contribution in [2.45, 2.75) is 76.6 Å². The lowest BCUT2D eigenvalue weighted by molar-refractivity contribution is -0.144. The number of hydrogen-bond acceptors (Lipinski definition) is 6. The van der Waals surface area contributed by atoms with Crippen LogP contribution in [0.1, 0.15) is 64.1 Å². The molecule has 1 aromatic heterocycles. The van der Waals surface area contributed by atoms with E-state index < -0.39 is 23.6 Å². The van der Waals surface area contributed by atoms with E-state index in [1.807, 2.05) is 39.1 Å². The molecule has 11 heteroatoms. The Balaban J connectivity index is 1.28. The first-order valence-corrected chi connectivity index (χ1v) is 13.7. The lowest BCUT2D eigenvalue weighted by Gasteiger charge is -2.34. The number of likely N-dealkylation sites (tertiary alicyclic amines) is 1. The fourth-order valence-electron chi connectivity index (χ4n) is 5.42. The van der Waals surface area contributed by atoms with Crippen LogP contribution in [0.3, 0.4) is 0 Å². The van der Waals surface area contributed by atoms with Crippen LogP contribution in [0.4, 0.5) is 5.69 Å². The molecule has 0 bridgehead atoms. The molecule has 1 aromatic carbocycles. The molecule has 37 heavy (non-hydrogen) atoms. The summed E-state index contributed by atoms with van der Waals surface area (Å²) in [5.74, 6) is -0.0393. The number of benzene rings is 1. The van der Waals surface area contributed by atoms with Crippen molar-refractivity contribution in [3.05, 3.63) is 40.1 Å². The molecule has 0 radical (unpaired) electrons. The van der Waals surface area contributed by atoms with Gasteiger partial charge in [-0.1, -0.05) is 49.2 Å². The fraction of sp³-hybridized carbons (Fsp3) is 0.615. The molecule has 2 aromatic rings. The van der Waals surface area contributed by atoms with Crippen molar-refractivity contribution in [2.24, 2.45) is 5.41 Å². The lowest BCUT2D eigenvalue weighted by Crippen LogP contribution is -2.52. The second-order valence-corrected chi connectivity index (χ2v) is 12.4. The van der Waals surface area contributed by atoms with Gasteiger partial charge in [-0.2, -0.15) is 0 Å². The van der Waals surface area contributed by atoms with Crippen LogP contribution in [0.5, 0.6) is 0 Å². The highest BCUT2D eigenvalue weighted by Gasteiger charge is 2.46. The Kier molecular flexibility index (Phi) is 7.15. The van der Waals surface area contributed by atoms with Gasteiger partial charge in [0.15, 0.2) is 0 Å². The van der Waals surface area contributed by atoms with Crippen molar-refractivity contribution in [1.82, 2.24) is 25.2 Å². The summed E-state index contributed by atoms with van der Waals surface area (Å²) in [6.45, 7) is 7.44. The van der Waals surface area contributed by atoms with Gasteiger partial charge in [-0.05, 0) is 42.9 Å². The van der Waals surface area contributed by atoms with Crippen LogP contribution in [-0.2, 0) is 9.59 Å². The number of anilines is 1. The third kappa shape index (κ3) is 5.59. The van der Waals surface area contributed by atoms with E-state index in [9.17, 15) is 14.7 Å². The van der Waals surface area contributed by atoms with Crippen LogP contribution in [0.15, 0.2) is 24.4 Å². The summed E-state index contributed by atoms with van der Waals surface area (Å²) in [5.41, 5.74) is 1.39. The van der Waals surface area contributed by atoms with Gasteiger partial charge in [0.2, 0.25) is 11.8 Å². The van der Waals surface area contributed by atoms with E-state index in [-0.39, 0.29) is 30.8 Å². The molecule has 3 fully saturated rings. The van der Waals surface area contributed by atoms with E-state index in [0.717, 1.165) is 37.2 Å². The Morgan fingerprint density at radius 2 is 1.89 bits per heavy atom. The van der Waals surface area contributed by atoms with Gasteiger partial charge in [0.05, 0.1) is 21.8 Å². The average Bonchev–Trinajstić information content (AvgIpc) is 3.20. The van der Waals surface area contributed by atoms with E-state index in [1.165, 1.54) is 4.90 Å². The summed E-state index contributed by atoms with van der Waals surface area (Å²) < 4.78 is 1.64. The van der Waals surface area contributed by atoms with Gasteiger partial charge in [0, 0.05) is 49.9 Å². The largest absolute Gasteiger partial charge is 0.391 e. The smallest absolute Gasteiger partial charge is 0.248 e. The van der Waals surface area contributed by atoms with Crippen LogP contribution in [0, 0.1) is 5.41 Å². The highest BCUT2D eigenvalue weighted by atomic mass is 35.5. The second-order valence-electron chi connectivity index (χ2n) is 11.6. The Morgan fingerprint density at radius 3 is 2.57 bits per heavy atom. The number of carbonyl (C=O) groups excluding carboxylic acids is 2. The zero-order chi connectivity index (χ0) is 26.5. The second kappa shape index (κ2) is 10.1. The third-order valence-corrected chi connectivity index (χ3v) is 8.25. The van der Waals surface area contributed by atoms with Gasteiger partial charge in [0.25, 0.3) is 0 Å². The van der Waals surface area contributed by atoms with E-state index in [0.29, 0.717) is 22.5 Å². The SMILES string of the molecule is CC(C)(C)[C@@H](C(=O)N1CC(O)CC1C(=O)NC1CCN(c2ccc(Cl)c(Cl)c2)C1)n1cc(C2CC2)nn1. The quantitative estimate of drug-likeness (QED) is 0.573. The summed E-state index contributed by atoms with van der Waals surface area (Å²) in [6.07, 6.45) is 4.27. The molecular formula is C26H34Cl2N6O3. The Hall–Kier alpha value is -2.36. The number of nitrogens with zero attached hydrogens (tertiary/aromatic N) is 5. The van der Waals surface area contributed by atoms with Gasteiger partial charge in [0.1, 0.15) is 12.1 Å². The van der Waals surface area contributed by atoms with E-state index in [4.69, 9.17) is 23.2 Å². The summed E-state index contributed by atoms with van der Waals surface area (Å²) in [7, 11) is 0. The molecule has 2 aliphatic heterocycles. The number of β-amino-alcohol motifs (C(OH)–C–C–N with tert-alkyl or cyclic N) is 1. The maximum Gasteiger partial charge on any atom is 0.248 e. The number of aliphatic hydroxyl groups excluding tert-OH is 1. The molecule has 5 rings (SSSR count).